The topological polar surface area (TPSA) is 81.9 Å². The lowest BCUT2D eigenvalue weighted by Crippen LogP contribution is -2.44. The zero-order valence-electron chi connectivity index (χ0n) is 12.8. The molecular weight excluding hydrogens is 300 g/mol. The molecule has 0 N–H and O–H groups in total. The zero-order valence-corrected chi connectivity index (χ0v) is 12.8. The molecule has 0 aliphatic carbocycles. The minimum atomic E-state index is -0.467. The molecule has 0 aromatic heterocycles. The summed E-state index contributed by atoms with van der Waals surface area (Å²) in [4.78, 5) is 24.4. The van der Waals surface area contributed by atoms with Crippen molar-refractivity contribution in [1.29, 1.82) is 0 Å². The summed E-state index contributed by atoms with van der Waals surface area (Å²) in [5, 5.41) is 10.6. The van der Waals surface area contributed by atoms with Gasteiger partial charge >= 0.3 is 0 Å². The highest BCUT2D eigenvalue weighted by Crippen LogP contribution is 2.28. The molecule has 2 heterocycles. The first-order valence-corrected chi connectivity index (χ1v) is 7.93. The predicted molar refractivity (Wildman–Crippen MR) is 82.3 cm³/mol. The van der Waals surface area contributed by atoms with Crippen molar-refractivity contribution >= 4 is 11.6 Å². The van der Waals surface area contributed by atoms with Crippen LogP contribution in [-0.2, 0) is 9.53 Å². The number of ether oxygens (including phenoxy) is 2. The third-order valence-corrected chi connectivity index (χ3v) is 4.42. The van der Waals surface area contributed by atoms with E-state index in [0.29, 0.717) is 5.75 Å². The number of hydrogen-bond acceptors (Lipinski definition) is 5. The van der Waals surface area contributed by atoms with E-state index < -0.39 is 4.92 Å². The normalized spacial score (nSPS) is 23.9. The van der Waals surface area contributed by atoms with Crippen LogP contribution in [0.1, 0.15) is 25.7 Å². The predicted octanol–water partition coefficient (Wildman–Crippen LogP) is 2.14. The molecular formula is C16H20N2O5. The van der Waals surface area contributed by atoms with Crippen LogP contribution in [0.4, 0.5) is 5.69 Å². The van der Waals surface area contributed by atoms with E-state index in [9.17, 15) is 14.9 Å². The summed E-state index contributed by atoms with van der Waals surface area (Å²) in [6, 6.07) is 5.90. The lowest BCUT2D eigenvalue weighted by atomic mass is 10.1. The van der Waals surface area contributed by atoms with E-state index in [2.05, 4.69) is 0 Å². The van der Waals surface area contributed by atoms with E-state index in [0.717, 1.165) is 38.8 Å². The van der Waals surface area contributed by atoms with E-state index in [4.69, 9.17) is 9.47 Å². The molecule has 2 aliphatic heterocycles. The third kappa shape index (κ3) is 3.61. The van der Waals surface area contributed by atoms with Crippen LogP contribution in [0.2, 0.25) is 0 Å². The number of likely N-dealkylation sites (tertiary alicyclic amines) is 1. The molecule has 2 fully saturated rings. The van der Waals surface area contributed by atoms with Crippen LogP contribution in [0.25, 0.3) is 0 Å². The molecule has 1 aromatic rings. The summed E-state index contributed by atoms with van der Waals surface area (Å²) >= 11 is 0. The van der Waals surface area contributed by atoms with Crippen molar-refractivity contribution in [3.8, 4) is 5.75 Å². The van der Waals surface area contributed by atoms with E-state index in [-0.39, 0.29) is 30.3 Å². The second-order valence-corrected chi connectivity index (χ2v) is 5.89. The average Bonchev–Trinajstić information content (AvgIpc) is 3.23. The summed E-state index contributed by atoms with van der Waals surface area (Å²) in [5.41, 5.74) is 0.00154. The minimum absolute atomic E-state index is 0.00154. The molecule has 23 heavy (non-hydrogen) atoms. The van der Waals surface area contributed by atoms with Crippen LogP contribution in [0, 0.1) is 10.1 Å². The Morgan fingerprint density at radius 2 is 2.09 bits per heavy atom. The first-order chi connectivity index (χ1) is 11.1. The molecule has 3 rings (SSSR count). The van der Waals surface area contributed by atoms with Crippen LogP contribution in [0.3, 0.4) is 0 Å². The van der Waals surface area contributed by atoms with Gasteiger partial charge in [-0.2, -0.15) is 0 Å². The molecule has 2 aliphatic rings. The number of nitro groups is 1. The Bertz CT molecular complexity index is 568. The Morgan fingerprint density at radius 1 is 1.30 bits per heavy atom. The molecule has 7 nitrogen and oxygen atoms in total. The number of nitro benzene ring substituents is 1. The summed E-state index contributed by atoms with van der Waals surface area (Å²) < 4.78 is 11.2. The van der Waals surface area contributed by atoms with Crippen molar-refractivity contribution < 1.29 is 19.2 Å². The molecule has 0 bridgehead atoms. The third-order valence-electron chi connectivity index (χ3n) is 4.42. The number of carbonyl (C=O) groups excluding carboxylic acids is 1. The van der Waals surface area contributed by atoms with Crippen molar-refractivity contribution in [3.63, 3.8) is 0 Å². The Morgan fingerprint density at radius 3 is 2.74 bits per heavy atom. The molecule has 1 amide bonds. The zero-order chi connectivity index (χ0) is 16.2. The van der Waals surface area contributed by atoms with Gasteiger partial charge in [0.2, 0.25) is 0 Å². The Kier molecular flexibility index (Phi) is 4.76. The van der Waals surface area contributed by atoms with Gasteiger partial charge in [-0.05, 0) is 37.8 Å². The highest BCUT2D eigenvalue weighted by molar-refractivity contribution is 5.78. The Balaban J connectivity index is 1.55. The monoisotopic (exact) mass is 320 g/mol. The SMILES string of the molecule is O=C(COc1ccc([N+](=O)[O-])cc1)N1CCC[C@@H]1[C@@H]1CCCO1. The summed E-state index contributed by atoms with van der Waals surface area (Å²) in [6.45, 7) is 1.47. The van der Waals surface area contributed by atoms with Crippen LogP contribution < -0.4 is 4.74 Å². The summed E-state index contributed by atoms with van der Waals surface area (Å²) in [5.74, 6) is 0.401. The summed E-state index contributed by atoms with van der Waals surface area (Å²) in [7, 11) is 0. The van der Waals surface area contributed by atoms with Gasteiger partial charge in [-0.1, -0.05) is 0 Å². The summed E-state index contributed by atoms with van der Waals surface area (Å²) in [6.07, 6.45) is 4.20. The van der Waals surface area contributed by atoms with E-state index in [1.165, 1.54) is 24.3 Å². The van der Waals surface area contributed by atoms with E-state index in [1.54, 1.807) is 0 Å². The standard InChI is InChI=1S/C16H20N2O5/c19-16(11-23-13-7-5-12(6-8-13)18(20)21)17-9-1-3-14(17)15-4-2-10-22-15/h5-8,14-15H,1-4,9-11H2/t14-,15+/m1/s1. The first-order valence-electron chi connectivity index (χ1n) is 7.93. The molecule has 2 saturated heterocycles. The fourth-order valence-corrected chi connectivity index (χ4v) is 3.29. The van der Waals surface area contributed by atoms with Crippen molar-refractivity contribution in [2.24, 2.45) is 0 Å². The smallest absolute Gasteiger partial charge is 0.269 e. The van der Waals surface area contributed by atoms with Gasteiger partial charge < -0.3 is 14.4 Å². The highest BCUT2D eigenvalue weighted by atomic mass is 16.6. The fourth-order valence-electron chi connectivity index (χ4n) is 3.29. The lowest BCUT2D eigenvalue weighted by Gasteiger charge is -2.28. The van der Waals surface area contributed by atoms with Gasteiger partial charge in [-0.15, -0.1) is 0 Å². The number of hydrogen-bond donors (Lipinski definition) is 0. The molecule has 0 unspecified atom stereocenters. The number of benzene rings is 1. The van der Waals surface area contributed by atoms with Crippen molar-refractivity contribution in [3.05, 3.63) is 34.4 Å². The molecule has 2 atom stereocenters. The van der Waals surface area contributed by atoms with Gasteiger partial charge in [-0.25, -0.2) is 0 Å². The maximum atomic E-state index is 12.4. The van der Waals surface area contributed by atoms with Crippen molar-refractivity contribution in [2.75, 3.05) is 19.8 Å². The second kappa shape index (κ2) is 6.95. The quantitative estimate of drug-likeness (QED) is 0.613. The fraction of sp³-hybridized carbons (Fsp3) is 0.562. The number of non-ortho nitro benzene ring substituents is 1. The molecule has 7 heteroatoms. The van der Waals surface area contributed by atoms with Gasteiger partial charge in [0.25, 0.3) is 11.6 Å². The lowest BCUT2D eigenvalue weighted by molar-refractivity contribution is -0.384. The van der Waals surface area contributed by atoms with Crippen molar-refractivity contribution in [2.45, 2.75) is 37.8 Å². The van der Waals surface area contributed by atoms with Gasteiger partial charge in [0.1, 0.15) is 5.75 Å². The number of carbonyl (C=O) groups is 1. The van der Waals surface area contributed by atoms with Crippen molar-refractivity contribution in [1.82, 2.24) is 4.90 Å². The van der Waals surface area contributed by atoms with E-state index in [1.807, 2.05) is 4.90 Å². The molecule has 0 saturated carbocycles. The van der Waals surface area contributed by atoms with Crippen LogP contribution in [0.5, 0.6) is 5.75 Å². The largest absolute Gasteiger partial charge is 0.484 e. The molecule has 0 radical (unpaired) electrons. The van der Waals surface area contributed by atoms with Crippen LogP contribution in [-0.4, -0.2) is 47.6 Å². The number of rotatable bonds is 5. The minimum Gasteiger partial charge on any atom is -0.484 e. The highest BCUT2D eigenvalue weighted by Gasteiger charge is 2.36. The van der Waals surface area contributed by atoms with Crippen LogP contribution in [0.15, 0.2) is 24.3 Å². The van der Waals surface area contributed by atoms with E-state index >= 15 is 0 Å². The van der Waals surface area contributed by atoms with Gasteiger partial charge in [0, 0.05) is 25.3 Å². The maximum absolute atomic E-state index is 12.4. The van der Waals surface area contributed by atoms with Gasteiger partial charge in [0.05, 0.1) is 17.1 Å². The number of nitrogens with zero attached hydrogens (tertiary/aromatic N) is 2. The van der Waals surface area contributed by atoms with Gasteiger partial charge in [0.15, 0.2) is 6.61 Å². The molecule has 0 spiro atoms. The molecule has 1 aromatic carbocycles. The Hall–Kier alpha value is -2.15. The first kappa shape index (κ1) is 15.7. The number of amides is 1. The average molecular weight is 320 g/mol. The van der Waals surface area contributed by atoms with Crippen LogP contribution >= 0.6 is 0 Å². The maximum Gasteiger partial charge on any atom is 0.269 e. The van der Waals surface area contributed by atoms with Gasteiger partial charge in [-0.3, -0.25) is 14.9 Å². The second-order valence-electron chi connectivity index (χ2n) is 5.89. The molecule has 124 valence electrons. The Labute approximate surface area is 134 Å².